The summed E-state index contributed by atoms with van der Waals surface area (Å²) >= 11 is 2.02. The van der Waals surface area contributed by atoms with Gasteiger partial charge in [0, 0.05) is 33.8 Å². The van der Waals surface area contributed by atoms with Crippen molar-refractivity contribution >= 4 is 23.6 Å². The minimum absolute atomic E-state index is 0.0377. The molecule has 0 bridgehead atoms. The molecule has 2 aliphatic rings. The number of likely N-dealkylation sites (N-methyl/N-ethyl adjacent to an activating group) is 1. The molecular formula is C15H28N4O2S. The quantitative estimate of drug-likeness (QED) is 0.589. The second-order valence-electron chi connectivity index (χ2n) is 6.19. The third kappa shape index (κ3) is 4.78. The molecule has 2 aliphatic heterocycles. The molecule has 2 fully saturated rings. The number of nitrogens with zero attached hydrogens (tertiary/aromatic N) is 2. The zero-order valence-electron chi connectivity index (χ0n) is 13.9. The van der Waals surface area contributed by atoms with Crippen LogP contribution >= 0.6 is 11.8 Å². The topological polar surface area (TPSA) is 66.0 Å². The molecule has 0 aromatic rings. The zero-order valence-corrected chi connectivity index (χ0v) is 14.7. The van der Waals surface area contributed by atoms with Crippen LogP contribution in [-0.2, 0) is 9.53 Å². The van der Waals surface area contributed by atoms with Crippen molar-refractivity contribution < 1.29 is 9.53 Å². The molecule has 126 valence electrons. The van der Waals surface area contributed by atoms with Crippen molar-refractivity contribution in [2.45, 2.75) is 37.3 Å². The highest BCUT2D eigenvalue weighted by atomic mass is 32.2. The Bertz CT molecular complexity index is 403. The van der Waals surface area contributed by atoms with E-state index >= 15 is 0 Å². The summed E-state index contributed by atoms with van der Waals surface area (Å²) in [5.41, 5.74) is 0.0550. The predicted octanol–water partition coefficient (Wildman–Crippen LogP) is 0.684. The molecule has 7 heteroatoms. The van der Waals surface area contributed by atoms with E-state index in [1.807, 2.05) is 11.8 Å². The minimum atomic E-state index is 0.0377. The number of carbonyl (C=O) groups is 1. The van der Waals surface area contributed by atoms with E-state index in [1.165, 1.54) is 11.5 Å². The number of amides is 1. The smallest absolute Gasteiger partial charge is 0.241 e. The van der Waals surface area contributed by atoms with E-state index in [-0.39, 0.29) is 18.1 Å². The molecule has 0 saturated carbocycles. The van der Waals surface area contributed by atoms with Gasteiger partial charge in [0.15, 0.2) is 5.96 Å². The number of ether oxygens (including phenoxy) is 1. The number of hydrogen-bond donors (Lipinski definition) is 2. The molecular weight excluding hydrogens is 300 g/mol. The lowest BCUT2D eigenvalue weighted by atomic mass is 9.85. The summed E-state index contributed by atoms with van der Waals surface area (Å²) < 4.78 is 6.11. The standard InChI is InChI=1S/C15H28N4O2S/c1-16-14(17-11-13(20)19(2)3)18-12-4-7-21-15(10-12)5-8-22-9-6-15/h12H,4-11H2,1-3H3,(H2,16,17,18). The maximum absolute atomic E-state index is 11.7. The average Bonchev–Trinajstić information content (AvgIpc) is 2.51. The van der Waals surface area contributed by atoms with Gasteiger partial charge in [0.05, 0.1) is 12.1 Å². The highest BCUT2D eigenvalue weighted by Crippen LogP contribution is 2.37. The molecule has 1 spiro atoms. The Morgan fingerprint density at radius 2 is 2.14 bits per heavy atom. The van der Waals surface area contributed by atoms with Gasteiger partial charge in [-0.05, 0) is 37.2 Å². The predicted molar refractivity (Wildman–Crippen MR) is 91.5 cm³/mol. The lowest BCUT2D eigenvalue weighted by molar-refractivity contribution is -0.127. The van der Waals surface area contributed by atoms with Gasteiger partial charge in [-0.1, -0.05) is 0 Å². The summed E-state index contributed by atoms with van der Waals surface area (Å²) in [6, 6.07) is 0.359. The van der Waals surface area contributed by atoms with Crippen molar-refractivity contribution in [1.82, 2.24) is 15.5 Å². The molecule has 0 radical (unpaired) electrons. The van der Waals surface area contributed by atoms with Crippen molar-refractivity contribution in [3.05, 3.63) is 0 Å². The van der Waals surface area contributed by atoms with Gasteiger partial charge in [-0.25, -0.2) is 0 Å². The Morgan fingerprint density at radius 1 is 1.41 bits per heavy atom. The summed E-state index contributed by atoms with van der Waals surface area (Å²) in [6.45, 7) is 1.06. The van der Waals surface area contributed by atoms with E-state index in [0.717, 1.165) is 32.3 Å². The molecule has 2 saturated heterocycles. The van der Waals surface area contributed by atoms with Crippen molar-refractivity contribution in [3.8, 4) is 0 Å². The Kier molecular flexibility index (Phi) is 6.37. The van der Waals surface area contributed by atoms with Crippen LogP contribution < -0.4 is 10.6 Å². The molecule has 0 aromatic heterocycles. The van der Waals surface area contributed by atoms with Crippen LogP contribution in [0.1, 0.15) is 25.7 Å². The maximum atomic E-state index is 11.7. The van der Waals surface area contributed by atoms with Crippen molar-refractivity contribution in [3.63, 3.8) is 0 Å². The first-order chi connectivity index (χ1) is 10.5. The minimum Gasteiger partial charge on any atom is -0.375 e. The molecule has 6 nitrogen and oxygen atoms in total. The number of thioether (sulfide) groups is 1. The van der Waals surface area contributed by atoms with Crippen molar-refractivity contribution in [2.24, 2.45) is 4.99 Å². The number of rotatable bonds is 3. The number of carbonyl (C=O) groups excluding carboxylic acids is 1. The van der Waals surface area contributed by atoms with E-state index in [4.69, 9.17) is 4.74 Å². The molecule has 0 aromatic carbocycles. The van der Waals surface area contributed by atoms with E-state index in [1.54, 1.807) is 26.0 Å². The van der Waals surface area contributed by atoms with Gasteiger partial charge in [0.25, 0.3) is 0 Å². The highest BCUT2D eigenvalue weighted by Gasteiger charge is 2.38. The Hall–Kier alpha value is -0.950. The highest BCUT2D eigenvalue weighted by molar-refractivity contribution is 7.99. The summed E-state index contributed by atoms with van der Waals surface area (Å²) in [4.78, 5) is 17.5. The third-order valence-corrected chi connectivity index (χ3v) is 5.35. The van der Waals surface area contributed by atoms with Crippen LogP contribution in [0.5, 0.6) is 0 Å². The van der Waals surface area contributed by atoms with Gasteiger partial charge in [-0.3, -0.25) is 9.79 Å². The molecule has 22 heavy (non-hydrogen) atoms. The Balaban J connectivity index is 1.84. The molecule has 1 atom stereocenters. The first-order valence-electron chi connectivity index (χ1n) is 7.94. The first kappa shape index (κ1) is 17.4. The summed E-state index contributed by atoms with van der Waals surface area (Å²) in [7, 11) is 5.24. The van der Waals surface area contributed by atoms with Crippen LogP contribution in [0.2, 0.25) is 0 Å². The lowest BCUT2D eigenvalue weighted by Crippen LogP contribution is -2.53. The Labute approximate surface area is 137 Å². The van der Waals surface area contributed by atoms with Crippen molar-refractivity contribution in [1.29, 1.82) is 0 Å². The summed E-state index contributed by atoms with van der Waals surface area (Å²) in [6.07, 6.45) is 4.29. The van der Waals surface area contributed by atoms with Gasteiger partial charge >= 0.3 is 0 Å². The van der Waals surface area contributed by atoms with Gasteiger partial charge < -0.3 is 20.3 Å². The molecule has 2 rings (SSSR count). The van der Waals surface area contributed by atoms with Crippen LogP contribution in [0.4, 0.5) is 0 Å². The number of nitrogens with one attached hydrogen (secondary N) is 2. The van der Waals surface area contributed by atoms with Gasteiger partial charge in [0.1, 0.15) is 0 Å². The van der Waals surface area contributed by atoms with Crippen LogP contribution in [-0.4, -0.2) is 74.2 Å². The first-order valence-corrected chi connectivity index (χ1v) is 9.09. The molecule has 1 unspecified atom stereocenters. The summed E-state index contributed by atoms with van der Waals surface area (Å²) in [5, 5.41) is 6.54. The normalized spacial score (nSPS) is 24.9. The van der Waals surface area contributed by atoms with Gasteiger partial charge in [-0.2, -0.15) is 11.8 Å². The second-order valence-corrected chi connectivity index (χ2v) is 7.42. The fraction of sp³-hybridized carbons (Fsp3) is 0.867. The molecule has 2 heterocycles. The molecule has 2 N–H and O–H groups in total. The fourth-order valence-corrected chi connectivity index (χ4v) is 4.19. The van der Waals surface area contributed by atoms with Crippen LogP contribution in [0.25, 0.3) is 0 Å². The molecule has 1 amide bonds. The maximum Gasteiger partial charge on any atom is 0.241 e. The molecule has 0 aliphatic carbocycles. The Morgan fingerprint density at radius 3 is 2.77 bits per heavy atom. The van der Waals surface area contributed by atoms with E-state index in [9.17, 15) is 4.79 Å². The fourth-order valence-electron chi connectivity index (χ4n) is 2.95. The van der Waals surface area contributed by atoms with Gasteiger partial charge in [-0.15, -0.1) is 0 Å². The zero-order chi connectivity index (χ0) is 16.0. The van der Waals surface area contributed by atoms with Crippen LogP contribution in [0.15, 0.2) is 4.99 Å². The van der Waals surface area contributed by atoms with E-state index in [2.05, 4.69) is 15.6 Å². The van der Waals surface area contributed by atoms with E-state index in [0.29, 0.717) is 12.0 Å². The average molecular weight is 328 g/mol. The largest absolute Gasteiger partial charge is 0.375 e. The monoisotopic (exact) mass is 328 g/mol. The SMILES string of the molecule is CN=C(NCC(=O)N(C)C)NC1CCOC2(CCSCC2)C1. The van der Waals surface area contributed by atoms with Crippen LogP contribution in [0, 0.1) is 0 Å². The third-order valence-electron chi connectivity index (χ3n) is 4.37. The van der Waals surface area contributed by atoms with Gasteiger partial charge in [0.2, 0.25) is 5.91 Å². The lowest BCUT2D eigenvalue weighted by Gasteiger charge is -2.43. The number of aliphatic imine (C=N–C) groups is 1. The number of guanidine groups is 1. The van der Waals surface area contributed by atoms with E-state index < -0.39 is 0 Å². The summed E-state index contributed by atoms with van der Waals surface area (Å²) in [5.74, 6) is 3.12. The second kappa shape index (κ2) is 8.06. The van der Waals surface area contributed by atoms with Crippen molar-refractivity contribution in [2.75, 3.05) is 45.8 Å². The number of hydrogen-bond acceptors (Lipinski definition) is 4. The van der Waals surface area contributed by atoms with Crippen LogP contribution in [0.3, 0.4) is 0 Å².